The predicted octanol–water partition coefficient (Wildman–Crippen LogP) is 2.46. The molecule has 1 aromatic carbocycles. The summed E-state index contributed by atoms with van der Waals surface area (Å²) in [6, 6.07) is 10.6. The van der Waals surface area contributed by atoms with Crippen molar-refractivity contribution in [2.24, 2.45) is 11.7 Å². The van der Waals surface area contributed by atoms with E-state index in [1.165, 1.54) is 5.56 Å². The van der Waals surface area contributed by atoms with Gasteiger partial charge in [-0.25, -0.2) is 4.98 Å². The minimum Gasteiger partial charge on any atom is -0.333 e. The van der Waals surface area contributed by atoms with Crippen LogP contribution in [0.3, 0.4) is 0 Å². The van der Waals surface area contributed by atoms with Crippen LogP contribution in [0, 0.1) is 5.92 Å². The van der Waals surface area contributed by atoms with E-state index < -0.39 is 0 Å². The summed E-state index contributed by atoms with van der Waals surface area (Å²) in [6.45, 7) is 5.15. The van der Waals surface area contributed by atoms with E-state index in [9.17, 15) is 0 Å². The maximum atomic E-state index is 6.06. The van der Waals surface area contributed by atoms with Gasteiger partial charge in [0.2, 0.25) is 0 Å². The van der Waals surface area contributed by atoms with E-state index in [-0.39, 0.29) is 6.04 Å². The van der Waals surface area contributed by atoms with E-state index >= 15 is 0 Å². The number of nitrogens with two attached hydrogens (primary N) is 1. The maximum Gasteiger partial charge on any atom is 0.0952 e. The second-order valence-electron chi connectivity index (χ2n) is 5.13. The number of hydrogen-bond donors (Lipinski definition) is 1. The average Bonchev–Trinajstić information content (AvgIpc) is 2.77. The highest BCUT2D eigenvalue weighted by Crippen LogP contribution is 2.08. The largest absolute Gasteiger partial charge is 0.333 e. The molecule has 0 amide bonds. The van der Waals surface area contributed by atoms with Gasteiger partial charge in [0.25, 0.3) is 0 Å². The highest BCUT2D eigenvalue weighted by Gasteiger charge is 2.10. The fraction of sp³-hybridized carbons (Fsp3) is 0.400. The molecule has 0 aliphatic carbocycles. The van der Waals surface area contributed by atoms with Crippen LogP contribution in [0.4, 0.5) is 0 Å². The van der Waals surface area contributed by atoms with Crippen molar-refractivity contribution in [3.05, 3.63) is 54.1 Å². The quantitative estimate of drug-likeness (QED) is 0.876. The van der Waals surface area contributed by atoms with Crippen molar-refractivity contribution < 1.29 is 0 Å². The highest BCUT2D eigenvalue weighted by molar-refractivity contribution is 5.15. The lowest BCUT2D eigenvalue weighted by Gasteiger charge is -2.13. The van der Waals surface area contributed by atoms with E-state index in [2.05, 4.69) is 53.9 Å². The number of imidazole rings is 1. The molecular weight excluding hydrogens is 222 g/mol. The molecule has 0 radical (unpaired) electrons. The monoisotopic (exact) mass is 243 g/mol. The van der Waals surface area contributed by atoms with E-state index in [1.807, 2.05) is 12.4 Å². The molecule has 0 saturated heterocycles. The summed E-state index contributed by atoms with van der Waals surface area (Å²) >= 11 is 0. The smallest absolute Gasteiger partial charge is 0.0952 e. The molecule has 18 heavy (non-hydrogen) atoms. The molecule has 0 aliphatic rings. The third-order valence-corrected chi connectivity index (χ3v) is 3.20. The normalized spacial score (nSPS) is 12.9. The zero-order valence-electron chi connectivity index (χ0n) is 11.1. The molecular formula is C15H21N3. The van der Waals surface area contributed by atoms with E-state index in [0.717, 1.165) is 18.7 Å². The molecule has 0 aliphatic heterocycles. The second kappa shape index (κ2) is 5.83. The first kappa shape index (κ1) is 12.8. The molecule has 0 saturated carbocycles. The molecule has 0 fully saturated rings. The minimum atomic E-state index is 0.185. The minimum absolute atomic E-state index is 0.185. The van der Waals surface area contributed by atoms with Crippen molar-refractivity contribution in [3.8, 4) is 0 Å². The number of rotatable bonds is 5. The van der Waals surface area contributed by atoms with E-state index in [4.69, 9.17) is 5.73 Å². The Hall–Kier alpha value is -1.61. The molecule has 1 heterocycles. The van der Waals surface area contributed by atoms with Crippen LogP contribution in [0.2, 0.25) is 0 Å². The van der Waals surface area contributed by atoms with Crippen molar-refractivity contribution in [1.29, 1.82) is 0 Å². The van der Waals surface area contributed by atoms with Crippen molar-refractivity contribution in [1.82, 2.24) is 9.55 Å². The molecule has 3 nitrogen and oxygen atoms in total. The summed E-state index contributed by atoms with van der Waals surface area (Å²) < 4.78 is 2.11. The summed E-state index contributed by atoms with van der Waals surface area (Å²) in [4.78, 5) is 4.42. The molecule has 1 aromatic heterocycles. The number of aromatic nitrogens is 2. The molecule has 1 atom stereocenters. The third-order valence-electron chi connectivity index (χ3n) is 3.20. The van der Waals surface area contributed by atoms with E-state index in [1.54, 1.807) is 0 Å². The van der Waals surface area contributed by atoms with Crippen LogP contribution in [0.1, 0.15) is 25.1 Å². The molecule has 0 bridgehead atoms. The van der Waals surface area contributed by atoms with Crippen molar-refractivity contribution in [2.45, 2.75) is 32.9 Å². The van der Waals surface area contributed by atoms with Crippen LogP contribution in [0.5, 0.6) is 0 Å². The summed E-state index contributed by atoms with van der Waals surface area (Å²) in [5.74, 6) is 0.490. The van der Waals surface area contributed by atoms with E-state index in [0.29, 0.717) is 5.92 Å². The first-order valence-electron chi connectivity index (χ1n) is 6.45. The Kier molecular flexibility index (Phi) is 4.15. The van der Waals surface area contributed by atoms with Crippen LogP contribution in [0.15, 0.2) is 42.9 Å². The summed E-state index contributed by atoms with van der Waals surface area (Å²) in [5, 5.41) is 0. The standard InChI is InChI=1S/C15H21N3/c1-12(2)15(16)8-14-10-18(11-17-14)9-13-6-4-3-5-7-13/h3-7,10-12,15H,8-9,16H2,1-2H3/t15-/m0/s1. The first-order chi connectivity index (χ1) is 8.65. The Morgan fingerprint density at radius 1 is 1.22 bits per heavy atom. The Labute approximate surface area is 109 Å². The van der Waals surface area contributed by atoms with Gasteiger partial charge in [-0.3, -0.25) is 0 Å². The van der Waals surface area contributed by atoms with Gasteiger partial charge in [0.1, 0.15) is 0 Å². The highest BCUT2D eigenvalue weighted by atomic mass is 15.0. The number of hydrogen-bond acceptors (Lipinski definition) is 2. The molecule has 2 aromatic rings. The Morgan fingerprint density at radius 2 is 1.94 bits per heavy atom. The van der Waals surface area contributed by atoms with Crippen LogP contribution >= 0.6 is 0 Å². The molecule has 2 rings (SSSR count). The maximum absolute atomic E-state index is 6.06. The van der Waals surface area contributed by atoms with Gasteiger partial charge in [-0.2, -0.15) is 0 Å². The lowest BCUT2D eigenvalue weighted by Crippen LogP contribution is -2.28. The van der Waals surface area contributed by atoms with Gasteiger partial charge in [-0.1, -0.05) is 44.2 Å². The van der Waals surface area contributed by atoms with Gasteiger partial charge in [0, 0.05) is 25.2 Å². The summed E-state index contributed by atoms with van der Waals surface area (Å²) in [5.41, 5.74) is 8.42. The van der Waals surface area contributed by atoms with Crippen molar-refractivity contribution >= 4 is 0 Å². The molecule has 2 N–H and O–H groups in total. The lowest BCUT2D eigenvalue weighted by atomic mass is 10.0. The van der Waals surface area contributed by atoms with Crippen LogP contribution in [-0.4, -0.2) is 15.6 Å². The van der Waals surface area contributed by atoms with Gasteiger partial charge in [0.15, 0.2) is 0 Å². The third kappa shape index (κ3) is 3.44. The SMILES string of the molecule is CC(C)[C@@H](N)Cc1cn(Cc2ccccc2)cn1. The zero-order chi connectivity index (χ0) is 13.0. The van der Waals surface area contributed by atoms with Gasteiger partial charge < -0.3 is 10.3 Å². The average molecular weight is 243 g/mol. The fourth-order valence-corrected chi connectivity index (χ4v) is 1.87. The van der Waals surface area contributed by atoms with Crippen LogP contribution < -0.4 is 5.73 Å². The number of nitrogens with zero attached hydrogens (tertiary/aromatic N) is 2. The summed E-state index contributed by atoms with van der Waals surface area (Å²) in [6.07, 6.45) is 4.82. The topological polar surface area (TPSA) is 43.8 Å². The van der Waals surface area contributed by atoms with Gasteiger partial charge in [0.05, 0.1) is 12.0 Å². The van der Waals surface area contributed by atoms with Gasteiger partial charge >= 0.3 is 0 Å². The zero-order valence-corrected chi connectivity index (χ0v) is 11.1. The van der Waals surface area contributed by atoms with Gasteiger partial charge in [-0.15, -0.1) is 0 Å². The molecule has 0 spiro atoms. The Morgan fingerprint density at radius 3 is 2.61 bits per heavy atom. The van der Waals surface area contributed by atoms with Crippen molar-refractivity contribution in [2.75, 3.05) is 0 Å². The molecule has 3 heteroatoms. The first-order valence-corrected chi connectivity index (χ1v) is 6.45. The van der Waals surface area contributed by atoms with Gasteiger partial charge in [-0.05, 0) is 11.5 Å². The van der Waals surface area contributed by atoms with Crippen molar-refractivity contribution in [3.63, 3.8) is 0 Å². The second-order valence-corrected chi connectivity index (χ2v) is 5.13. The Balaban J connectivity index is 1.98. The van der Waals surface area contributed by atoms with Crippen LogP contribution in [0.25, 0.3) is 0 Å². The predicted molar refractivity (Wildman–Crippen MR) is 74.3 cm³/mol. The Bertz CT molecular complexity index is 473. The molecule has 96 valence electrons. The number of benzene rings is 1. The molecule has 0 unspecified atom stereocenters. The lowest BCUT2D eigenvalue weighted by molar-refractivity contribution is 0.487. The summed E-state index contributed by atoms with van der Waals surface area (Å²) in [7, 11) is 0. The fourth-order valence-electron chi connectivity index (χ4n) is 1.87. The van der Waals surface area contributed by atoms with Crippen LogP contribution in [-0.2, 0) is 13.0 Å².